The monoisotopic (exact) mass is 399 g/mol. The molecule has 0 spiro atoms. The molecule has 0 bridgehead atoms. The van der Waals surface area contributed by atoms with Gasteiger partial charge in [-0.3, -0.25) is 4.98 Å². The Bertz CT molecular complexity index is 942. The summed E-state index contributed by atoms with van der Waals surface area (Å²) in [4.78, 5) is 13.0. The molecule has 2 atom stereocenters. The molecule has 7 nitrogen and oxygen atoms in total. The molecule has 1 saturated carbocycles. The van der Waals surface area contributed by atoms with Crippen LogP contribution in [0.5, 0.6) is 0 Å². The first-order chi connectivity index (χ1) is 14.0. The molecule has 2 aromatic rings. The average Bonchev–Trinajstić information content (AvgIpc) is 2.72. The number of nitrogens with one attached hydrogen (secondary N) is 1. The average molecular weight is 399 g/mol. The van der Waals surface area contributed by atoms with Crippen LogP contribution in [0, 0.1) is 0 Å². The van der Waals surface area contributed by atoms with Crippen molar-refractivity contribution in [3.05, 3.63) is 48.1 Å². The topological polar surface area (TPSA) is 106 Å². The lowest BCUT2D eigenvalue weighted by molar-refractivity contribution is 0.0346. The highest BCUT2D eigenvalue weighted by atomic mass is 19.1. The Labute approximate surface area is 168 Å². The minimum absolute atomic E-state index is 0.188. The van der Waals surface area contributed by atoms with Crippen molar-refractivity contribution < 1.29 is 14.2 Å². The first-order valence-electron chi connectivity index (χ1n) is 10.0. The lowest BCUT2D eigenvalue weighted by Gasteiger charge is -2.30. The maximum Gasteiger partial charge on any atom is 0.223 e. The smallest absolute Gasteiger partial charge is 0.223 e. The number of hydrogen-bond acceptors (Lipinski definition) is 7. The van der Waals surface area contributed by atoms with E-state index in [1.165, 1.54) is 24.4 Å². The third-order valence-corrected chi connectivity index (χ3v) is 5.61. The zero-order chi connectivity index (χ0) is 20.4. The van der Waals surface area contributed by atoms with Gasteiger partial charge >= 0.3 is 0 Å². The molecular formula is C21H26FN5O2. The molecular weight excluding hydrogens is 373 g/mol. The van der Waals surface area contributed by atoms with Crippen LogP contribution in [0.4, 0.5) is 10.3 Å². The number of alkyl halides is 1. The highest BCUT2D eigenvalue weighted by Gasteiger charge is 2.40. The van der Waals surface area contributed by atoms with Crippen molar-refractivity contribution in [2.24, 2.45) is 5.73 Å². The van der Waals surface area contributed by atoms with E-state index in [1.807, 2.05) is 6.92 Å². The van der Waals surface area contributed by atoms with Gasteiger partial charge in [0.1, 0.15) is 6.10 Å². The van der Waals surface area contributed by atoms with Crippen molar-refractivity contribution in [3.63, 3.8) is 0 Å². The molecule has 2 aliphatic carbocycles. The van der Waals surface area contributed by atoms with Crippen molar-refractivity contribution in [2.75, 3.05) is 11.9 Å². The van der Waals surface area contributed by atoms with Gasteiger partial charge in [0, 0.05) is 47.9 Å². The second kappa shape index (κ2) is 8.04. The Balaban J connectivity index is 1.60. The van der Waals surface area contributed by atoms with Gasteiger partial charge in [-0.15, -0.1) is 0 Å². The van der Waals surface area contributed by atoms with Gasteiger partial charge in [-0.1, -0.05) is 0 Å². The molecule has 0 radical (unpaired) electrons. The van der Waals surface area contributed by atoms with Crippen LogP contribution in [0.1, 0.15) is 38.2 Å². The van der Waals surface area contributed by atoms with E-state index in [0.29, 0.717) is 28.7 Å². The lowest BCUT2D eigenvalue weighted by atomic mass is 9.86. The number of aromatic nitrogens is 3. The number of pyridine rings is 1. The van der Waals surface area contributed by atoms with Crippen LogP contribution in [-0.4, -0.2) is 44.9 Å². The van der Waals surface area contributed by atoms with Gasteiger partial charge in [-0.25, -0.2) is 14.4 Å². The minimum Gasteiger partial charge on any atom is -0.399 e. The summed E-state index contributed by atoms with van der Waals surface area (Å²) in [6.45, 7) is 2.75. The fraction of sp³-hybridized carbons (Fsp3) is 0.476. The molecule has 2 heterocycles. The van der Waals surface area contributed by atoms with Crippen LogP contribution >= 0.6 is 0 Å². The van der Waals surface area contributed by atoms with E-state index in [0.717, 1.165) is 32.3 Å². The molecule has 4 rings (SSSR count). The quantitative estimate of drug-likeness (QED) is 0.710. The lowest BCUT2D eigenvalue weighted by Crippen LogP contribution is -2.35. The number of aliphatic hydroxyl groups excluding tert-OH is 1. The number of fused-ring (bicyclic) bond motifs is 1. The molecule has 2 unspecified atom stereocenters. The summed E-state index contributed by atoms with van der Waals surface area (Å²) in [5.41, 5.74) is 4.45. The molecule has 4 N–H and O–H groups in total. The summed E-state index contributed by atoms with van der Waals surface area (Å²) in [5, 5.41) is 14.3. The minimum atomic E-state index is -2.16. The Morgan fingerprint density at radius 3 is 2.79 bits per heavy atom. The summed E-state index contributed by atoms with van der Waals surface area (Å²) < 4.78 is 21.4. The largest absolute Gasteiger partial charge is 0.399 e. The number of hydrogen-bond donors (Lipinski definition) is 3. The number of allylic oxidation sites excluding steroid dienone is 1. The van der Waals surface area contributed by atoms with E-state index < -0.39 is 11.8 Å². The molecule has 0 saturated heterocycles. The van der Waals surface area contributed by atoms with Gasteiger partial charge in [0.2, 0.25) is 5.95 Å². The summed E-state index contributed by atoms with van der Waals surface area (Å²) in [6, 6.07) is 0.247. The summed E-state index contributed by atoms with van der Waals surface area (Å²) in [7, 11) is 0. The molecule has 29 heavy (non-hydrogen) atoms. The molecule has 1 fully saturated rings. The Kier molecular flexibility index (Phi) is 5.47. The SMILES string of the molecule is CCOC1CCC(Nc2ncc3cncc(C4(F)C=CC(N)=CC4O)c3n2)CC1. The van der Waals surface area contributed by atoms with Crippen molar-refractivity contribution in [1.29, 1.82) is 0 Å². The normalized spacial score (nSPS) is 29.6. The van der Waals surface area contributed by atoms with Crippen LogP contribution in [0.15, 0.2) is 42.5 Å². The zero-order valence-electron chi connectivity index (χ0n) is 16.4. The van der Waals surface area contributed by atoms with Gasteiger partial charge in [0.15, 0.2) is 5.67 Å². The van der Waals surface area contributed by atoms with Crippen LogP contribution in [-0.2, 0) is 10.4 Å². The third-order valence-electron chi connectivity index (χ3n) is 5.61. The van der Waals surface area contributed by atoms with Gasteiger partial charge in [0.25, 0.3) is 0 Å². The highest BCUT2D eigenvalue weighted by Crippen LogP contribution is 2.38. The van der Waals surface area contributed by atoms with Gasteiger partial charge in [-0.05, 0) is 50.8 Å². The van der Waals surface area contributed by atoms with Crippen LogP contribution in [0.2, 0.25) is 0 Å². The fourth-order valence-electron chi connectivity index (χ4n) is 4.02. The standard InChI is InChI=1S/C21H26FN5O2/c1-2-29-16-5-3-15(4-6-16)26-20-25-11-13-10-24-12-17(19(13)27-20)21(22)8-7-14(23)9-18(21)28/h7-12,15-16,18,28H,2-6,23H2,1H3,(H,25,26,27). The van der Waals surface area contributed by atoms with E-state index in [2.05, 4.69) is 20.3 Å². The van der Waals surface area contributed by atoms with E-state index >= 15 is 4.39 Å². The Morgan fingerprint density at radius 2 is 2.07 bits per heavy atom. The van der Waals surface area contributed by atoms with Gasteiger partial charge in [-0.2, -0.15) is 0 Å². The van der Waals surface area contributed by atoms with Crippen molar-refractivity contribution in [1.82, 2.24) is 15.0 Å². The predicted octanol–water partition coefficient (Wildman–Crippen LogP) is 2.72. The highest BCUT2D eigenvalue weighted by molar-refractivity contribution is 5.82. The van der Waals surface area contributed by atoms with Crippen LogP contribution < -0.4 is 11.1 Å². The number of nitrogens with two attached hydrogens (primary N) is 1. The molecule has 0 aromatic carbocycles. The van der Waals surface area contributed by atoms with E-state index in [-0.39, 0.29) is 11.6 Å². The number of rotatable bonds is 5. The zero-order valence-corrected chi connectivity index (χ0v) is 16.4. The Morgan fingerprint density at radius 1 is 1.28 bits per heavy atom. The molecule has 2 aromatic heterocycles. The van der Waals surface area contributed by atoms with E-state index in [9.17, 15) is 5.11 Å². The van der Waals surface area contributed by atoms with E-state index in [1.54, 1.807) is 12.4 Å². The van der Waals surface area contributed by atoms with Crippen LogP contribution in [0.3, 0.4) is 0 Å². The first kappa shape index (κ1) is 19.7. The molecule has 0 aliphatic heterocycles. The first-order valence-corrected chi connectivity index (χ1v) is 10.0. The number of anilines is 1. The molecule has 154 valence electrons. The molecule has 2 aliphatic rings. The molecule has 0 amide bonds. The summed E-state index contributed by atoms with van der Waals surface area (Å²) in [5.74, 6) is 0.442. The van der Waals surface area contributed by atoms with Crippen molar-refractivity contribution in [3.8, 4) is 0 Å². The second-order valence-electron chi connectivity index (χ2n) is 7.60. The number of nitrogens with zero attached hydrogens (tertiary/aromatic N) is 3. The summed E-state index contributed by atoms with van der Waals surface area (Å²) >= 11 is 0. The molecule has 8 heteroatoms. The summed E-state index contributed by atoms with van der Waals surface area (Å²) in [6.07, 6.45) is 11.4. The maximum absolute atomic E-state index is 15.7. The third kappa shape index (κ3) is 3.95. The number of aliphatic hydroxyl groups is 1. The van der Waals surface area contributed by atoms with E-state index in [4.69, 9.17) is 10.5 Å². The van der Waals surface area contributed by atoms with Gasteiger partial charge < -0.3 is 20.9 Å². The second-order valence-corrected chi connectivity index (χ2v) is 7.60. The van der Waals surface area contributed by atoms with Crippen molar-refractivity contribution in [2.45, 2.75) is 56.5 Å². The maximum atomic E-state index is 15.7. The van der Waals surface area contributed by atoms with Crippen LogP contribution in [0.25, 0.3) is 10.9 Å². The Hall–Kier alpha value is -2.58. The van der Waals surface area contributed by atoms with Gasteiger partial charge in [0.05, 0.1) is 11.6 Å². The number of ether oxygens (including phenoxy) is 1. The number of halogens is 1. The van der Waals surface area contributed by atoms with Crippen molar-refractivity contribution >= 4 is 16.9 Å². The fourth-order valence-corrected chi connectivity index (χ4v) is 4.02. The predicted molar refractivity (Wildman–Crippen MR) is 109 cm³/mol.